The smallest absolute Gasteiger partial charge is 0.399 e. The van der Waals surface area contributed by atoms with Gasteiger partial charge in [0.25, 0.3) is 0 Å². The van der Waals surface area contributed by atoms with Crippen LogP contribution in [0.1, 0.15) is 58.9 Å². The van der Waals surface area contributed by atoms with Gasteiger partial charge in [-0.1, -0.05) is 36.8 Å². The molecule has 0 radical (unpaired) electrons. The summed E-state index contributed by atoms with van der Waals surface area (Å²) in [7, 11) is -0.281. The third-order valence-corrected chi connectivity index (χ3v) is 6.17. The van der Waals surface area contributed by atoms with E-state index >= 15 is 0 Å². The van der Waals surface area contributed by atoms with E-state index in [1.165, 1.54) is 30.4 Å². The molecule has 0 spiro atoms. The Balaban J connectivity index is 1.60. The first kappa shape index (κ1) is 16.4. The summed E-state index contributed by atoms with van der Waals surface area (Å²) >= 11 is 0. The second kappa shape index (κ2) is 5.72. The summed E-state index contributed by atoms with van der Waals surface area (Å²) in [5.74, 6) is 0. The maximum atomic E-state index is 6.21. The first-order valence-corrected chi connectivity index (χ1v) is 9.27. The van der Waals surface area contributed by atoms with Gasteiger partial charge in [-0.25, -0.2) is 0 Å². The van der Waals surface area contributed by atoms with E-state index in [-0.39, 0.29) is 18.3 Å². The molecule has 2 saturated heterocycles. The van der Waals surface area contributed by atoms with E-state index < -0.39 is 0 Å². The molecule has 0 amide bonds. The number of piperidine rings is 1. The summed E-state index contributed by atoms with van der Waals surface area (Å²) in [5.41, 5.74) is 3.33. The molecule has 3 aliphatic heterocycles. The highest BCUT2D eigenvalue weighted by atomic mass is 16.7. The Bertz CT molecular complexity index is 651. The van der Waals surface area contributed by atoms with Crippen LogP contribution >= 0.6 is 0 Å². The quantitative estimate of drug-likeness (QED) is 0.847. The van der Waals surface area contributed by atoms with Crippen molar-refractivity contribution in [1.82, 2.24) is 5.32 Å². The summed E-state index contributed by atoms with van der Waals surface area (Å²) in [6.45, 7) is 8.42. The highest BCUT2D eigenvalue weighted by molar-refractivity contribution is 6.62. The van der Waals surface area contributed by atoms with Gasteiger partial charge in [0, 0.05) is 12.1 Å². The molecular formula is C20H28BNO2. The van der Waals surface area contributed by atoms with Crippen LogP contribution in [-0.4, -0.2) is 30.4 Å². The fraction of sp³-hybridized carbons (Fsp3) is 0.600. The predicted molar refractivity (Wildman–Crippen MR) is 99.3 cm³/mol. The maximum absolute atomic E-state index is 6.21. The van der Waals surface area contributed by atoms with Gasteiger partial charge in [0.2, 0.25) is 0 Å². The summed E-state index contributed by atoms with van der Waals surface area (Å²) in [5, 5.41) is 3.72. The van der Waals surface area contributed by atoms with E-state index in [1.807, 2.05) is 0 Å². The standard InChI is InChI=1S/C20H28BNO2/c1-19(2)20(3,4)24-21(23-19)16-8-5-7-14(11-16)15-12-17-9-6-10-18(13-15)22-17/h5,7-8,11-12,17-18,22H,6,9-10,13H2,1-4H3. The molecule has 3 heterocycles. The van der Waals surface area contributed by atoms with Crippen LogP contribution in [0, 0.1) is 0 Å². The first-order chi connectivity index (χ1) is 11.3. The van der Waals surface area contributed by atoms with E-state index in [9.17, 15) is 0 Å². The van der Waals surface area contributed by atoms with Crippen molar-refractivity contribution in [1.29, 1.82) is 0 Å². The van der Waals surface area contributed by atoms with Crippen molar-refractivity contribution < 1.29 is 9.31 Å². The van der Waals surface area contributed by atoms with Gasteiger partial charge in [0.1, 0.15) is 0 Å². The topological polar surface area (TPSA) is 30.5 Å². The fourth-order valence-electron chi connectivity index (χ4n) is 4.00. The van der Waals surface area contributed by atoms with Crippen molar-refractivity contribution in [3.8, 4) is 0 Å². The van der Waals surface area contributed by atoms with E-state index in [4.69, 9.17) is 9.31 Å². The van der Waals surface area contributed by atoms with E-state index in [1.54, 1.807) is 0 Å². The Morgan fingerprint density at radius 1 is 1.08 bits per heavy atom. The van der Waals surface area contributed by atoms with Gasteiger partial charge >= 0.3 is 7.12 Å². The van der Waals surface area contributed by atoms with Gasteiger partial charge in [-0.15, -0.1) is 0 Å². The third kappa shape index (κ3) is 2.85. The monoisotopic (exact) mass is 325 g/mol. The molecule has 128 valence electrons. The summed E-state index contributed by atoms with van der Waals surface area (Å²) in [4.78, 5) is 0. The Labute approximate surface area is 146 Å². The van der Waals surface area contributed by atoms with E-state index in [0.29, 0.717) is 12.1 Å². The van der Waals surface area contributed by atoms with Crippen molar-refractivity contribution in [3.63, 3.8) is 0 Å². The van der Waals surface area contributed by atoms with Crippen molar-refractivity contribution >= 4 is 18.2 Å². The van der Waals surface area contributed by atoms with Crippen molar-refractivity contribution in [2.75, 3.05) is 0 Å². The number of nitrogens with one attached hydrogen (secondary N) is 1. The zero-order valence-electron chi connectivity index (χ0n) is 15.3. The van der Waals surface area contributed by atoms with Crippen LogP contribution in [0.15, 0.2) is 30.3 Å². The van der Waals surface area contributed by atoms with Crippen LogP contribution in [0.2, 0.25) is 0 Å². The number of benzene rings is 1. The number of fused-ring (bicyclic) bond motifs is 2. The summed E-state index contributed by atoms with van der Waals surface area (Å²) in [6, 6.07) is 9.93. The molecule has 2 atom stereocenters. The molecule has 4 rings (SSSR count). The van der Waals surface area contributed by atoms with Gasteiger partial charge in [0.05, 0.1) is 11.2 Å². The normalized spacial score (nSPS) is 31.0. The lowest BCUT2D eigenvalue weighted by molar-refractivity contribution is 0.00578. The molecule has 0 aromatic heterocycles. The molecule has 3 nitrogen and oxygen atoms in total. The fourth-order valence-corrected chi connectivity index (χ4v) is 4.00. The van der Waals surface area contributed by atoms with Crippen LogP contribution in [0.3, 0.4) is 0 Å². The van der Waals surface area contributed by atoms with Gasteiger partial charge in [0.15, 0.2) is 0 Å². The predicted octanol–water partition coefficient (Wildman–Crippen LogP) is 3.28. The lowest BCUT2D eigenvalue weighted by atomic mass is 9.76. The van der Waals surface area contributed by atoms with E-state index in [0.717, 1.165) is 11.9 Å². The van der Waals surface area contributed by atoms with Gasteiger partial charge in [-0.2, -0.15) is 0 Å². The molecule has 24 heavy (non-hydrogen) atoms. The third-order valence-electron chi connectivity index (χ3n) is 6.17. The van der Waals surface area contributed by atoms with Crippen molar-refractivity contribution in [2.24, 2.45) is 0 Å². The van der Waals surface area contributed by atoms with Crippen LogP contribution < -0.4 is 10.8 Å². The molecular weight excluding hydrogens is 297 g/mol. The minimum atomic E-state index is -0.293. The lowest BCUT2D eigenvalue weighted by Crippen LogP contribution is -2.44. The van der Waals surface area contributed by atoms with Crippen molar-refractivity contribution in [2.45, 2.75) is 76.7 Å². The molecule has 1 N–H and O–H groups in total. The number of rotatable bonds is 2. The zero-order chi connectivity index (χ0) is 16.9. The maximum Gasteiger partial charge on any atom is 0.494 e. The molecule has 4 heteroatoms. The van der Waals surface area contributed by atoms with E-state index in [2.05, 4.69) is 63.4 Å². The summed E-state index contributed by atoms with van der Waals surface area (Å²) in [6.07, 6.45) is 7.46. The van der Waals surface area contributed by atoms with Gasteiger partial charge < -0.3 is 14.6 Å². The molecule has 0 saturated carbocycles. The molecule has 1 aromatic rings. The lowest BCUT2D eigenvalue weighted by Gasteiger charge is -2.35. The molecule has 3 aliphatic rings. The first-order valence-electron chi connectivity index (χ1n) is 9.27. The van der Waals surface area contributed by atoms with Crippen molar-refractivity contribution in [3.05, 3.63) is 35.9 Å². The largest absolute Gasteiger partial charge is 0.494 e. The van der Waals surface area contributed by atoms with Gasteiger partial charge in [-0.05, 0) is 63.6 Å². The van der Waals surface area contributed by atoms with Crippen LogP contribution in [0.25, 0.3) is 5.57 Å². The minimum Gasteiger partial charge on any atom is -0.399 e. The Morgan fingerprint density at radius 2 is 1.83 bits per heavy atom. The average molecular weight is 325 g/mol. The zero-order valence-corrected chi connectivity index (χ0v) is 15.3. The summed E-state index contributed by atoms with van der Waals surface area (Å²) < 4.78 is 12.4. The van der Waals surface area contributed by atoms with Gasteiger partial charge in [-0.3, -0.25) is 0 Å². The second-order valence-electron chi connectivity index (χ2n) is 8.51. The Kier molecular flexibility index (Phi) is 3.90. The highest BCUT2D eigenvalue weighted by Gasteiger charge is 2.51. The Hall–Kier alpha value is -1.10. The molecule has 0 aliphatic carbocycles. The molecule has 1 aromatic carbocycles. The molecule has 2 fully saturated rings. The SMILES string of the molecule is CC1(C)OB(c2cccc(C3=CC4CCCC(C3)N4)c2)OC1(C)C. The minimum absolute atomic E-state index is 0.281. The number of hydrogen-bond donors (Lipinski definition) is 1. The molecule has 2 unspecified atom stereocenters. The highest BCUT2D eigenvalue weighted by Crippen LogP contribution is 2.37. The average Bonchev–Trinajstić information content (AvgIpc) is 2.75. The number of hydrogen-bond acceptors (Lipinski definition) is 3. The Morgan fingerprint density at radius 3 is 2.54 bits per heavy atom. The van der Waals surface area contributed by atoms with Crippen LogP contribution in [-0.2, 0) is 9.31 Å². The second-order valence-corrected chi connectivity index (χ2v) is 8.51. The molecule has 2 bridgehead atoms. The van der Waals surface area contributed by atoms with Crippen LogP contribution in [0.4, 0.5) is 0 Å². The van der Waals surface area contributed by atoms with Crippen LogP contribution in [0.5, 0.6) is 0 Å².